The molecule has 0 amide bonds. The van der Waals surface area contributed by atoms with E-state index in [1.165, 1.54) is 0 Å². The lowest BCUT2D eigenvalue weighted by Gasteiger charge is -1.71. The van der Waals surface area contributed by atoms with Crippen molar-refractivity contribution in [1.82, 2.24) is 0 Å². The molecule has 0 saturated heterocycles. The first-order valence-corrected chi connectivity index (χ1v) is 0.762. The van der Waals surface area contributed by atoms with Gasteiger partial charge in [0.2, 0.25) is 0 Å². The van der Waals surface area contributed by atoms with Crippen molar-refractivity contribution in [2.24, 2.45) is 5.73 Å². The zero-order valence-corrected chi connectivity index (χ0v) is 2.02. The van der Waals surface area contributed by atoms with Crippen LogP contribution in [0, 0.1) is 0 Å². The van der Waals surface area contributed by atoms with Gasteiger partial charge in [-0.05, 0) is 0 Å². The number of hydrogen-bond acceptors (Lipinski definition) is 2. The number of hydrogen-bond donors (Lipinski definition) is 2. The summed E-state index contributed by atoms with van der Waals surface area (Å²) in [5.41, 5.74) is 4.52. The van der Waals surface area contributed by atoms with Crippen LogP contribution in [-0.2, 0) is 0 Å². The fraction of sp³-hybridized carbons (Fsp3) is 1.00. The predicted molar refractivity (Wildman–Crippen MR) is 16.1 cm³/mol. The molecule has 0 heterocycles. The van der Waals surface area contributed by atoms with Gasteiger partial charge in [-0.1, -0.05) is 0 Å². The summed E-state index contributed by atoms with van der Waals surface area (Å²) in [6.07, 6.45) is 0. The van der Waals surface area contributed by atoms with E-state index in [4.69, 9.17) is 10.6 Å². The van der Waals surface area contributed by atoms with Crippen molar-refractivity contribution in [2.75, 3.05) is 13.1 Å². The molecule has 0 spiro atoms. The van der Waals surface area contributed by atoms with Crippen LogP contribution in [0.1, 0.15) is 5.48 Å². The molecule has 0 bridgehead atoms. The smallest absolute Gasteiger partial charge is 0.0577 e. The molecule has 0 unspecified atom stereocenters. The molecular formula is C2H7NO. The van der Waals surface area contributed by atoms with Crippen molar-refractivity contribution in [3.05, 3.63) is 0 Å². The summed E-state index contributed by atoms with van der Waals surface area (Å²) in [5, 5.41) is 8.19. The van der Waals surface area contributed by atoms with Crippen molar-refractivity contribution in [3.63, 3.8) is 0 Å². The number of nitrogens with two attached hydrogens (primary N) is 1. The highest BCUT2D eigenvalue weighted by Crippen LogP contribution is 1.33. The Morgan fingerprint density at radius 3 is 2.50 bits per heavy atom. The van der Waals surface area contributed by atoms with Gasteiger partial charge in [-0.25, -0.2) is 0 Å². The van der Waals surface area contributed by atoms with Crippen molar-refractivity contribution in [1.29, 1.82) is 0 Å². The van der Waals surface area contributed by atoms with Crippen LogP contribution in [-0.4, -0.2) is 18.2 Å². The standard InChI is InChI=1S/C2H7NO/c3-1-2-4/h4H,1-3H2/i1+1D2,2+1D2. The minimum absolute atomic E-state index is 2.67. The largest absolute Gasteiger partial charge is 0.395 e. The lowest BCUT2D eigenvalue weighted by atomic mass is 11.7. The lowest BCUT2D eigenvalue weighted by molar-refractivity contribution is 0.306. The van der Waals surface area contributed by atoms with Crippen LogP contribution in [0.2, 0.25) is 0 Å². The Bertz CT molecular complexity index is 69.0. The van der Waals surface area contributed by atoms with Crippen molar-refractivity contribution in [3.8, 4) is 0 Å². The van der Waals surface area contributed by atoms with Crippen LogP contribution in [0.5, 0.6) is 0 Å². The second-order valence-corrected chi connectivity index (χ2v) is 0.256. The normalized spacial score (nSPS) is 29.5. The minimum Gasteiger partial charge on any atom is -0.395 e. The highest BCUT2D eigenvalue weighted by molar-refractivity contribution is 4.17. The van der Waals surface area contributed by atoms with Gasteiger partial charge in [-0.2, -0.15) is 0 Å². The van der Waals surface area contributed by atoms with Crippen LogP contribution in [0.3, 0.4) is 0 Å². The first-order chi connectivity index (χ1) is 3.25. The van der Waals surface area contributed by atoms with Gasteiger partial charge in [0.1, 0.15) is 0 Å². The van der Waals surface area contributed by atoms with E-state index in [0.29, 0.717) is 0 Å². The van der Waals surface area contributed by atoms with E-state index < -0.39 is 13.1 Å². The van der Waals surface area contributed by atoms with E-state index in [9.17, 15) is 0 Å². The molecule has 0 aromatic rings. The summed E-state index contributed by atoms with van der Waals surface area (Å²) in [5.74, 6) is 0. The Hall–Kier alpha value is -0.0800. The minimum atomic E-state index is -2.95. The second-order valence-electron chi connectivity index (χ2n) is 0.256. The topological polar surface area (TPSA) is 46.2 Å². The van der Waals surface area contributed by atoms with Crippen LogP contribution in [0.4, 0.5) is 0 Å². The Balaban J connectivity index is 4.02. The molecule has 0 rings (SSSR count). The molecule has 0 aliphatic heterocycles. The maximum Gasteiger partial charge on any atom is 0.0577 e. The molecule has 0 aromatic heterocycles. The molecule has 2 heteroatoms. The first kappa shape index (κ1) is 0.698. The van der Waals surface area contributed by atoms with E-state index in [0.717, 1.165) is 0 Å². The third-order valence-electron chi connectivity index (χ3n) is 0.0645. The molecule has 0 aliphatic rings. The summed E-state index contributed by atoms with van der Waals surface area (Å²) < 4.78 is 25.4. The zero-order chi connectivity index (χ0) is 7.00. The number of rotatable bonds is 1. The highest BCUT2D eigenvalue weighted by Gasteiger charge is 1.56. The van der Waals surface area contributed by atoms with Gasteiger partial charge in [0.05, 0.1) is 9.30 Å². The molecular weight excluding hydrogens is 56.0 g/mol. The first-order valence-electron chi connectivity index (χ1n) is 2.76. The van der Waals surface area contributed by atoms with E-state index in [1.54, 1.807) is 0 Å². The molecule has 3 N–H and O–H groups in total. The second kappa shape index (κ2) is 2.92. The molecule has 0 aromatic carbocycles. The molecule has 0 radical (unpaired) electrons. The van der Waals surface area contributed by atoms with Gasteiger partial charge < -0.3 is 10.8 Å². The van der Waals surface area contributed by atoms with Gasteiger partial charge in [0.25, 0.3) is 0 Å². The Labute approximate surface area is 30.9 Å². The molecule has 0 fully saturated rings. The van der Waals surface area contributed by atoms with E-state index in [1.807, 2.05) is 0 Å². The summed E-state index contributed by atoms with van der Waals surface area (Å²) in [6, 6.07) is 0. The SMILES string of the molecule is [2H][13C]([2H])(N)[13C]([2H])([2H])O. The molecule has 0 saturated carbocycles. The molecule has 2 nitrogen and oxygen atoms in total. The average molecular weight is 67.1 g/mol. The summed E-state index contributed by atoms with van der Waals surface area (Å²) in [4.78, 5) is 0. The Kier molecular flexibility index (Phi) is 0.510. The molecule has 4 heavy (non-hydrogen) atoms. The third-order valence-corrected chi connectivity index (χ3v) is 0.0645. The maximum absolute atomic E-state index is 8.19. The van der Waals surface area contributed by atoms with Gasteiger partial charge in [0.15, 0.2) is 0 Å². The van der Waals surface area contributed by atoms with Gasteiger partial charge in [-0.15, -0.1) is 0 Å². The van der Waals surface area contributed by atoms with Gasteiger partial charge in [0, 0.05) is 9.24 Å². The lowest BCUT2D eigenvalue weighted by Crippen LogP contribution is -2.02. The Morgan fingerprint density at radius 1 is 2.25 bits per heavy atom. The Morgan fingerprint density at radius 2 is 2.50 bits per heavy atom. The molecule has 0 atom stereocenters. The maximum atomic E-state index is 8.19. The summed E-state index contributed by atoms with van der Waals surface area (Å²) >= 11 is 0. The van der Waals surface area contributed by atoms with E-state index >= 15 is 0 Å². The fourth-order valence-electron chi connectivity index (χ4n) is 0. The van der Waals surface area contributed by atoms with E-state index in [-0.39, 0.29) is 0 Å². The summed E-state index contributed by atoms with van der Waals surface area (Å²) in [7, 11) is 0. The monoisotopic (exact) mass is 67.1 g/mol. The zero-order valence-electron chi connectivity index (χ0n) is 6.02. The van der Waals surface area contributed by atoms with Crippen LogP contribution >= 0.6 is 0 Å². The van der Waals surface area contributed by atoms with E-state index in [2.05, 4.69) is 5.73 Å². The van der Waals surface area contributed by atoms with Crippen molar-refractivity contribution >= 4 is 0 Å². The third kappa shape index (κ3) is 1.92. The summed E-state index contributed by atoms with van der Waals surface area (Å²) in [6.45, 7) is -5.62. The van der Waals surface area contributed by atoms with Crippen LogP contribution < -0.4 is 5.73 Å². The highest BCUT2D eigenvalue weighted by atomic mass is 16.3. The van der Waals surface area contributed by atoms with Crippen LogP contribution in [0.15, 0.2) is 0 Å². The fourth-order valence-corrected chi connectivity index (χ4v) is 0. The van der Waals surface area contributed by atoms with Gasteiger partial charge in [-0.3, -0.25) is 0 Å². The van der Waals surface area contributed by atoms with Crippen molar-refractivity contribution < 1.29 is 10.6 Å². The molecule has 0 aliphatic carbocycles. The van der Waals surface area contributed by atoms with Gasteiger partial charge >= 0.3 is 0 Å². The number of aliphatic hydroxyl groups is 1. The average Bonchev–Trinajstić information content (AvgIpc) is 1.25. The molecule has 26 valence electrons. The van der Waals surface area contributed by atoms with Crippen LogP contribution in [0.25, 0.3) is 0 Å². The predicted octanol–water partition coefficient (Wildman–Crippen LogP) is -1.06. The quantitative estimate of drug-likeness (QED) is 0.384. The van der Waals surface area contributed by atoms with Crippen molar-refractivity contribution in [2.45, 2.75) is 0 Å².